The van der Waals surface area contributed by atoms with E-state index in [4.69, 9.17) is 9.73 Å². The number of ketones is 2. The molecule has 0 saturated heterocycles. The molecule has 0 N–H and O–H groups in total. The van der Waals surface area contributed by atoms with Crippen LogP contribution in [0.5, 0.6) is 5.75 Å². The van der Waals surface area contributed by atoms with Crippen LogP contribution in [0.2, 0.25) is 0 Å². The SMILES string of the molecule is COc1ccc([C@H]2C3=C(CCCC3=O)N=C3CCCC(=O)C32)cc1C(=O)[O-]. The molecule has 1 unspecified atom stereocenters. The van der Waals surface area contributed by atoms with Crippen LogP contribution in [0.1, 0.15) is 60.4 Å². The zero-order valence-corrected chi connectivity index (χ0v) is 15.1. The van der Waals surface area contributed by atoms with Crippen molar-refractivity contribution >= 4 is 23.2 Å². The normalized spacial score (nSPS) is 24.9. The first-order chi connectivity index (χ1) is 13.0. The van der Waals surface area contributed by atoms with Crippen LogP contribution >= 0.6 is 0 Å². The van der Waals surface area contributed by atoms with Gasteiger partial charge in [0, 0.05) is 41.3 Å². The monoisotopic (exact) mass is 366 g/mol. The number of methoxy groups -OCH3 is 1. The molecule has 0 bridgehead atoms. The number of aliphatic imine (C=N–C) groups is 1. The lowest BCUT2D eigenvalue weighted by Gasteiger charge is -2.38. The van der Waals surface area contributed by atoms with Crippen molar-refractivity contribution in [2.24, 2.45) is 10.9 Å². The van der Waals surface area contributed by atoms with E-state index in [-0.39, 0.29) is 22.9 Å². The molecule has 4 rings (SSSR count). The predicted molar refractivity (Wildman–Crippen MR) is 95.7 cm³/mol. The second-order valence-electron chi connectivity index (χ2n) is 7.26. The number of fused-ring (bicyclic) bond motifs is 1. The highest BCUT2D eigenvalue weighted by atomic mass is 16.5. The van der Waals surface area contributed by atoms with E-state index in [0.29, 0.717) is 30.4 Å². The summed E-state index contributed by atoms with van der Waals surface area (Å²) in [6.07, 6.45) is 3.87. The molecule has 6 heteroatoms. The number of ether oxygens (including phenoxy) is 1. The fourth-order valence-corrected chi connectivity index (χ4v) is 4.54. The molecule has 0 amide bonds. The Labute approximate surface area is 156 Å². The quantitative estimate of drug-likeness (QED) is 0.815. The maximum atomic E-state index is 12.8. The first kappa shape index (κ1) is 17.6. The van der Waals surface area contributed by atoms with Crippen LogP contribution in [0.25, 0.3) is 0 Å². The van der Waals surface area contributed by atoms with Crippen LogP contribution < -0.4 is 9.84 Å². The van der Waals surface area contributed by atoms with Gasteiger partial charge in [-0.1, -0.05) is 6.07 Å². The van der Waals surface area contributed by atoms with Gasteiger partial charge in [0.25, 0.3) is 0 Å². The summed E-state index contributed by atoms with van der Waals surface area (Å²) in [7, 11) is 1.39. The van der Waals surface area contributed by atoms with Crippen LogP contribution in [-0.4, -0.2) is 30.4 Å². The third kappa shape index (κ3) is 2.89. The van der Waals surface area contributed by atoms with E-state index in [9.17, 15) is 19.5 Å². The first-order valence-electron chi connectivity index (χ1n) is 9.27. The highest BCUT2D eigenvalue weighted by Crippen LogP contribution is 2.46. The fraction of sp³-hybridized carbons (Fsp3) is 0.429. The Morgan fingerprint density at radius 3 is 2.63 bits per heavy atom. The van der Waals surface area contributed by atoms with Gasteiger partial charge in [-0.15, -0.1) is 0 Å². The molecule has 0 radical (unpaired) electrons. The summed E-state index contributed by atoms with van der Waals surface area (Å²) in [5, 5.41) is 11.5. The van der Waals surface area contributed by atoms with Crippen LogP contribution in [0.3, 0.4) is 0 Å². The third-order valence-electron chi connectivity index (χ3n) is 5.72. The number of aromatic carboxylic acids is 1. The number of allylic oxidation sites excluding steroid dienone is 2. The minimum atomic E-state index is -1.35. The number of carboxylic acids is 1. The van der Waals surface area contributed by atoms with Crippen LogP contribution in [0.15, 0.2) is 34.5 Å². The fourth-order valence-electron chi connectivity index (χ4n) is 4.54. The molecule has 140 valence electrons. The van der Waals surface area contributed by atoms with Crippen molar-refractivity contribution in [1.29, 1.82) is 0 Å². The van der Waals surface area contributed by atoms with Gasteiger partial charge in [-0.3, -0.25) is 14.6 Å². The summed E-state index contributed by atoms with van der Waals surface area (Å²) in [4.78, 5) is 41.8. The maximum Gasteiger partial charge on any atom is 0.161 e. The first-order valence-corrected chi connectivity index (χ1v) is 9.27. The van der Waals surface area contributed by atoms with E-state index >= 15 is 0 Å². The summed E-state index contributed by atoms with van der Waals surface area (Å²) in [6, 6.07) is 4.79. The molecule has 3 aliphatic rings. The van der Waals surface area contributed by atoms with Crippen molar-refractivity contribution in [1.82, 2.24) is 0 Å². The van der Waals surface area contributed by atoms with Gasteiger partial charge in [-0.25, -0.2) is 0 Å². The molecule has 2 aliphatic carbocycles. The van der Waals surface area contributed by atoms with E-state index in [1.165, 1.54) is 13.2 Å². The second-order valence-corrected chi connectivity index (χ2v) is 7.26. The van der Waals surface area contributed by atoms with E-state index in [0.717, 1.165) is 30.7 Å². The van der Waals surface area contributed by atoms with Crippen molar-refractivity contribution in [3.8, 4) is 5.75 Å². The molecular weight excluding hydrogens is 346 g/mol. The Balaban J connectivity index is 1.90. The van der Waals surface area contributed by atoms with Crippen LogP contribution in [0, 0.1) is 5.92 Å². The Kier molecular flexibility index (Phi) is 4.42. The lowest BCUT2D eigenvalue weighted by atomic mass is 9.67. The molecule has 1 fully saturated rings. The second kappa shape index (κ2) is 6.76. The summed E-state index contributed by atoms with van der Waals surface area (Å²) >= 11 is 0. The van der Waals surface area contributed by atoms with Crippen molar-refractivity contribution in [3.05, 3.63) is 40.6 Å². The summed E-state index contributed by atoms with van der Waals surface area (Å²) in [5.74, 6) is -2.03. The minimum Gasteiger partial charge on any atom is -0.545 e. The number of benzene rings is 1. The molecule has 1 aliphatic heterocycles. The molecule has 1 heterocycles. The van der Waals surface area contributed by atoms with E-state index in [2.05, 4.69) is 0 Å². The molecule has 0 aromatic heterocycles. The predicted octanol–water partition coefficient (Wildman–Crippen LogP) is 1.97. The van der Waals surface area contributed by atoms with Crippen LogP contribution in [-0.2, 0) is 9.59 Å². The lowest BCUT2D eigenvalue weighted by molar-refractivity contribution is -0.255. The van der Waals surface area contributed by atoms with Gasteiger partial charge < -0.3 is 14.6 Å². The smallest absolute Gasteiger partial charge is 0.161 e. The van der Waals surface area contributed by atoms with Crippen molar-refractivity contribution in [2.45, 2.75) is 44.4 Å². The molecular formula is C21H20NO5-. The number of Topliss-reactive ketones (excluding diaryl/α,β-unsaturated/α-hetero) is 2. The number of carbonyl (C=O) groups excluding carboxylic acids is 3. The Morgan fingerprint density at radius 1 is 1.11 bits per heavy atom. The van der Waals surface area contributed by atoms with Gasteiger partial charge in [0.05, 0.1) is 19.0 Å². The van der Waals surface area contributed by atoms with E-state index in [1.54, 1.807) is 12.1 Å². The Morgan fingerprint density at radius 2 is 1.89 bits per heavy atom. The topological polar surface area (TPSA) is 95.9 Å². The zero-order chi connectivity index (χ0) is 19.1. The summed E-state index contributed by atoms with van der Waals surface area (Å²) in [6.45, 7) is 0. The molecule has 1 saturated carbocycles. The van der Waals surface area contributed by atoms with Gasteiger partial charge in [-0.2, -0.15) is 0 Å². The lowest BCUT2D eigenvalue weighted by Crippen LogP contribution is -2.39. The number of rotatable bonds is 3. The number of hydrogen-bond acceptors (Lipinski definition) is 6. The van der Waals surface area contributed by atoms with Crippen molar-refractivity contribution < 1.29 is 24.2 Å². The third-order valence-corrected chi connectivity index (χ3v) is 5.72. The van der Waals surface area contributed by atoms with Gasteiger partial charge in [0.15, 0.2) is 5.78 Å². The molecule has 27 heavy (non-hydrogen) atoms. The van der Waals surface area contributed by atoms with Crippen LogP contribution in [0.4, 0.5) is 0 Å². The summed E-state index contributed by atoms with van der Waals surface area (Å²) < 4.78 is 5.11. The number of nitrogens with zero attached hydrogens (tertiary/aromatic N) is 1. The zero-order valence-electron chi connectivity index (χ0n) is 15.1. The van der Waals surface area contributed by atoms with E-state index < -0.39 is 17.8 Å². The average Bonchev–Trinajstić information content (AvgIpc) is 2.66. The number of hydrogen-bond donors (Lipinski definition) is 0. The minimum absolute atomic E-state index is 0.00763. The maximum absolute atomic E-state index is 12.8. The largest absolute Gasteiger partial charge is 0.545 e. The standard InChI is InChI=1S/C21H21NO5/c1-27-17-9-8-11(10-12(17)21(25)26)18-19-13(4-2-6-15(19)23)22-14-5-3-7-16(24)20(14)18/h8-10,18-19H,2-7H2,1H3,(H,25,26)/p-1/t18-,19?/m1/s1. The van der Waals surface area contributed by atoms with Gasteiger partial charge in [0.1, 0.15) is 11.5 Å². The molecule has 1 aromatic rings. The molecule has 0 spiro atoms. The van der Waals surface area contributed by atoms with Gasteiger partial charge in [-0.05, 0) is 43.4 Å². The van der Waals surface area contributed by atoms with Crippen molar-refractivity contribution in [2.75, 3.05) is 7.11 Å². The highest BCUT2D eigenvalue weighted by molar-refractivity contribution is 6.12. The molecule has 1 aromatic carbocycles. The molecule has 2 atom stereocenters. The van der Waals surface area contributed by atoms with Crippen molar-refractivity contribution in [3.63, 3.8) is 0 Å². The molecule has 6 nitrogen and oxygen atoms in total. The van der Waals surface area contributed by atoms with Gasteiger partial charge in [0.2, 0.25) is 0 Å². The number of carboxylic acid groups (broad SMARTS) is 1. The number of carbonyl (C=O) groups is 3. The average molecular weight is 366 g/mol. The Bertz CT molecular complexity index is 911. The Hall–Kier alpha value is -2.76. The van der Waals surface area contributed by atoms with Gasteiger partial charge >= 0.3 is 0 Å². The highest BCUT2D eigenvalue weighted by Gasteiger charge is 2.44. The van der Waals surface area contributed by atoms with E-state index in [1.807, 2.05) is 0 Å². The summed E-state index contributed by atoms with van der Waals surface area (Å²) in [5.41, 5.74) is 2.73.